The lowest BCUT2D eigenvalue weighted by atomic mass is 10.2. The SMILES string of the molecule is N#Cc1nc(Oc2ccc3ccc(=O)oc3c2)ccc1[N+](=O)[O-]. The first kappa shape index (κ1) is 14.2. The lowest BCUT2D eigenvalue weighted by molar-refractivity contribution is -0.385. The van der Waals surface area contributed by atoms with E-state index in [1.54, 1.807) is 24.3 Å². The molecular weight excluding hydrogens is 302 g/mol. The maximum absolute atomic E-state index is 11.2. The first-order valence-corrected chi connectivity index (χ1v) is 6.34. The van der Waals surface area contributed by atoms with E-state index in [4.69, 9.17) is 14.4 Å². The van der Waals surface area contributed by atoms with E-state index in [9.17, 15) is 14.9 Å². The fraction of sp³-hybridized carbons (Fsp3) is 0. The van der Waals surface area contributed by atoms with Crippen molar-refractivity contribution in [3.63, 3.8) is 0 Å². The molecule has 2 heterocycles. The summed E-state index contributed by atoms with van der Waals surface area (Å²) in [6, 6.07) is 11.8. The molecule has 112 valence electrons. The predicted molar refractivity (Wildman–Crippen MR) is 78.2 cm³/mol. The number of aromatic nitrogens is 1. The molecule has 0 atom stereocenters. The molecule has 0 aliphatic rings. The number of benzene rings is 1. The Bertz CT molecular complexity index is 1020. The minimum absolute atomic E-state index is 0.0183. The molecule has 0 radical (unpaired) electrons. The summed E-state index contributed by atoms with van der Waals surface area (Å²) in [7, 11) is 0. The smallest absolute Gasteiger partial charge is 0.336 e. The van der Waals surface area contributed by atoms with E-state index in [1.165, 1.54) is 18.2 Å². The van der Waals surface area contributed by atoms with Gasteiger partial charge in [0.25, 0.3) is 0 Å². The van der Waals surface area contributed by atoms with E-state index in [0.717, 1.165) is 6.07 Å². The summed E-state index contributed by atoms with van der Waals surface area (Å²) < 4.78 is 10.5. The Labute approximate surface area is 128 Å². The van der Waals surface area contributed by atoms with Crippen LogP contribution in [0.3, 0.4) is 0 Å². The Hall–Kier alpha value is -3.73. The second kappa shape index (κ2) is 5.57. The lowest BCUT2D eigenvalue weighted by Gasteiger charge is -2.05. The minimum Gasteiger partial charge on any atom is -0.439 e. The quantitative estimate of drug-likeness (QED) is 0.414. The number of hydrogen-bond donors (Lipinski definition) is 0. The van der Waals surface area contributed by atoms with Crippen LogP contribution in [0.25, 0.3) is 11.0 Å². The molecule has 0 saturated heterocycles. The lowest BCUT2D eigenvalue weighted by Crippen LogP contribution is -1.97. The van der Waals surface area contributed by atoms with Gasteiger partial charge in [0.15, 0.2) is 0 Å². The van der Waals surface area contributed by atoms with Gasteiger partial charge in [-0.15, -0.1) is 0 Å². The van der Waals surface area contributed by atoms with E-state index in [0.29, 0.717) is 16.7 Å². The van der Waals surface area contributed by atoms with Crippen molar-refractivity contribution >= 4 is 16.7 Å². The zero-order valence-electron chi connectivity index (χ0n) is 11.4. The third-order valence-corrected chi connectivity index (χ3v) is 2.97. The van der Waals surface area contributed by atoms with Crippen LogP contribution >= 0.6 is 0 Å². The van der Waals surface area contributed by atoms with Crippen molar-refractivity contribution in [2.75, 3.05) is 0 Å². The van der Waals surface area contributed by atoms with Gasteiger partial charge in [-0.1, -0.05) is 0 Å². The van der Waals surface area contributed by atoms with Gasteiger partial charge in [-0.25, -0.2) is 4.79 Å². The van der Waals surface area contributed by atoms with E-state index >= 15 is 0 Å². The highest BCUT2D eigenvalue weighted by atomic mass is 16.6. The van der Waals surface area contributed by atoms with Crippen LogP contribution < -0.4 is 10.4 Å². The standard InChI is InChI=1S/C15H7N3O5/c16-8-11-12(18(20)21)4-5-14(17-11)22-10-3-1-9-2-6-15(19)23-13(9)7-10/h1-7H. The summed E-state index contributed by atoms with van der Waals surface area (Å²) >= 11 is 0. The van der Waals surface area contributed by atoms with Crippen LogP contribution in [0.4, 0.5) is 5.69 Å². The molecule has 2 aromatic heterocycles. The molecule has 8 heteroatoms. The van der Waals surface area contributed by atoms with Crippen molar-refractivity contribution < 1.29 is 14.1 Å². The summed E-state index contributed by atoms with van der Waals surface area (Å²) in [6.45, 7) is 0. The Morgan fingerprint density at radius 1 is 1.22 bits per heavy atom. The molecule has 23 heavy (non-hydrogen) atoms. The number of nitriles is 1. The molecule has 0 N–H and O–H groups in total. The van der Waals surface area contributed by atoms with Crippen molar-refractivity contribution in [3.05, 3.63) is 68.7 Å². The first-order valence-electron chi connectivity index (χ1n) is 6.34. The first-order chi connectivity index (χ1) is 11.1. The van der Waals surface area contributed by atoms with Crippen molar-refractivity contribution in [2.45, 2.75) is 0 Å². The maximum Gasteiger partial charge on any atom is 0.336 e. The fourth-order valence-corrected chi connectivity index (χ4v) is 1.95. The van der Waals surface area contributed by atoms with Gasteiger partial charge >= 0.3 is 11.3 Å². The average Bonchev–Trinajstić information content (AvgIpc) is 2.54. The molecule has 0 unspecified atom stereocenters. The maximum atomic E-state index is 11.2. The molecule has 8 nitrogen and oxygen atoms in total. The summed E-state index contributed by atoms with van der Waals surface area (Å²) in [4.78, 5) is 25.1. The number of nitro groups is 1. The van der Waals surface area contributed by atoms with Crippen LogP contribution in [-0.2, 0) is 0 Å². The normalized spacial score (nSPS) is 10.2. The summed E-state index contributed by atoms with van der Waals surface area (Å²) in [6.07, 6.45) is 0. The van der Waals surface area contributed by atoms with Crippen molar-refractivity contribution in [1.29, 1.82) is 5.26 Å². The molecular formula is C15H7N3O5. The summed E-state index contributed by atoms with van der Waals surface area (Å²) in [5.74, 6) is 0.335. The van der Waals surface area contributed by atoms with Gasteiger partial charge < -0.3 is 9.15 Å². The molecule has 3 aromatic rings. The molecule has 0 bridgehead atoms. The van der Waals surface area contributed by atoms with Crippen molar-refractivity contribution in [2.24, 2.45) is 0 Å². The zero-order valence-corrected chi connectivity index (χ0v) is 11.4. The third kappa shape index (κ3) is 2.84. The summed E-state index contributed by atoms with van der Waals surface area (Å²) in [5, 5.41) is 20.4. The highest BCUT2D eigenvalue weighted by Crippen LogP contribution is 2.26. The van der Waals surface area contributed by atoms with Crippen LogP contribution in [0.15, 0.2) is 51.7 Å². The van der Waals surface area contributed by atoms with Gasteiger partial charge in [0.2, 0.25) is 11.6 Å². The van der Waals surface area contributed by atoms with Gasteiger partial charge in [0, 0.05) is 29.7 Å². The number of hydrogen-bond acceptors (Lipinski definition) is 7. The van der Waals surface area contributed by atoms with Crippen LogP contribution in [0.2, 0.25) is 0 Å². The van der Waals surface area contributed by atoms with Crippen LogP contribution in [0, 0.1) is 21.4 Å². The Morgan fingerprint density at radius 3 is 2.74 bits per heavy atom. The zero-order chi connectivity index (χ0) is 16.4. The highest BCUT2D eigenvalue weighted by Gasteiger charge is 2.16. The van der Waals surface area contributed by atoms with Crippen LogP contribution in [0.1, 0.15) is 5.69 Å². The molecule has 0 amide bonds. The molecule has 1 aromatic carbocycles. The largest absolute Gasteiger partial charge is 0.439 e. The van der Waals surface area contributed by atoms with Crippen LogP contribution in [-0.4, -0.2) is 9.91 Å². The van der Waals surface area contributed by atoms with Gasteiger partial charge in [-0.2, -0.15) is 10.2 Å². The van der Waals surface area contributed by atoms with E-state index < -0.39 is 16.2 Å². The topological polar surface area (TPSA) is 119 Å². The van der Waals surface area contributed by atoms with Gasteiger partial charge in [0.1, 0.15) is 17.4 Å². The minimum atomic E-state index is -0.694. The van der Waals surface area contributed by atoms with Crippen molar-refractivity contribution in [3.8, 4) is 17.7 Å². The molecule has 0 aliphatic carbocycles. The molecule has 0 saturated carbocycles. The number of nitrogens with zero attached hydrogens (tertiary/aromatic N) is 3. The number of pyridine rings is 1. The Kier molecular flexibility index (Phi) is 3.44. The molecule has 3 rings (SSSR count). The van der Waals surface area contributed by atoms with E-state index in [-0.39, 0.29) is 11.6 Å². The predicted octanol–water partition coefficient (Wildman–Crippen LogP) is 2.76. The number of ether oxygens (including phenoxy) is 1. The number of fused-ring (bicyclic) bond motifs is 1. The Balaban J connectivity index is 1.97. The average molecular weight is 309 g/mol. The highest BCUT2D eigenvalue weighted by molar-refractivity contribution is 5.77. The van der Waals surface area contributed by atoms with E-state index in [2.05, 4.69) is 4.98 Å². The van der Waals surface area contributed by atoms with E-state index in [1.807, 2.05) is 0 Å². The second-order valence-electron chi connectivity index (χ2n) is 4.44. The molecule has 0 fully saturated rings. The fourth-order valence-electron chi connectivity index (χ4n) is 1.95. The Morgan fingerprint density at radius 2 is 2.00 bits per heavy atom. The van der Waals surface area contributed by atoms with Crippen LogP contribution in [0.5, 0.6) is 11.6 Å². The van der Waals surface area contributed by atoms with Gasteiger partial charge in [0.05, 0.1) is 4.92 Å². The second-order valence-corrected chi connectivity index (χ2v) is 4.44. The molecule has 0 aliphatic heterocycles. The molecule has 0 spiro atoms. The number of rotatable bonds is 3. The van der Waals surface area contributed by atoms with Crippen molar-refractivity contribution in [1.82, 2.24) is 4.98 Å². The van der Waals surface area contributed by atoms with Gasteiger partial charge in [-0.05, 0) is 18.2 Å². The van der Waals surface area contributed by atoms with Gasteiger partial charge in [-0.3, -0.25) is 10.1 Å². The monoisotopic (exact) mass is 309 g/mol. The summed E-state index contributed by atoms with van der Waals surface area (Å²) in [5.41, 5.74) is -0.906. The third-order valence-electron chi connectivity index (χ3n) is 2.97.